The molecule has 0 bridgehead atoms. The number of hydrogen-bond donors (Lipinski definition) is 2. The minimum absolute atomic E-state index is 0.277. The zero-order valence-electron chi connectivity index (χ0n) is 20.4. The van der Waals surface area contributed by atoms with Crippen LogP contribution < -0.4 is 14.4 Å². The van der Waals surface area contributed by atoms with Crippen LogP contribution in [0.5, 0.6) is 5.75 Å². The third kappa shape index (κ3) is 6.65. The summed E-state index contributed by atoms with van der Waals surface area (Å²) in [6, 6.07) is 1.63. The molecule has 0 unspecified atom stereocenters. The van der Waals surface area contributed by atoms with Gasteiger partial charge in [-0.2, -0.15) is 26.3 Å². The van der Waals surface area contributed by atoms with E-state index in [0.29, 0.717) is 36.6 Å². The minimum atomic E-state index is -4.98. The van der Waals surface area contributed by atoms with Crippen molar-refractivity contribution in [2.75, 3.05) is 16.2 Å². The van der Waals surface area contributed by atoms with Crippen molar-refractivity contribution in [3.8, 4) is 5.75 Å². The standard InChI is InChI=1S/C22H20F7N3O7S/c1-20(2,22(27,28)29)39-19(35)31-12-6-15(23)18-16(7-12)32(10-13(38-18)3-4-17(33)34)40(36,37)14-5-11(8-30-9-14)21(24,25)26/h5-9,13H,3-4,10H2,1-2H3,(H,31,35)(H,33,34)/t13-/m0/s1. The number of carboxylic acids is 1. The number of nitrogens with zero attached hydrogens (tertiary/aromatic N) is 2. The predicted molar refractivity (Wildman–Crippen MR) is 122 cm³/mol. The predicted octanol–water partition coefficient (Wildman–Crippen LogP) is 4.95. The fraction of sp³-hybridized carbons (Fsp3) is 0.409. The number of fused-ring (bicyclic) bond motifs is 1. The number of benzene rings is 1. The maximum Gasteiger partial charge on any atom is 0.427 e. The molecule has 18 heteroatoms. The lowest BCUT2D eigenvalue weighted by atomic mass is 10.1. The maximum absolute atomic E-state index is 15.1. The number of carbonyl (C=O) groups excluding carboxylic acids is 1. The molecule has 1 aliphatic rings. The molecule has 2 aromatic rings. The van der Waals surface area contributed by atoms with Gasteiger partial charge < -0.3 is 14.6 Å². The normalized spacial score (nSPS) is 16.1. The molecule has 1 aliphatic heterocycles. The molecule has 1 aromatic carbocycles. The number of nitrogens with one attached hydrogen (secondary N) is 1. The highest BCUT2D eigenvalue weighted by molar-refractivity contribution is 7.92. The number of amides is 1. The summed E-state index contributed by atoms with van der Waals surface area (Å²) in [6.45, 7) is 0.387. The number of anilines is 2. The SMILES string of the molecule is CC(C)(OC(=O)Nc1cc(F)c2c(c1)N(S(=O)(=O)c1cncc(C(F)(F)F)c1)C[C@H](CCC(=O)O)O2)C(F)(F)F. The third-order valence-electron chi connectivity index (χ3n) is 5.53. The Morgan fingerprint density at radius 2 is 1.80 bits per heavy atom. The van der Waals surface area contributed by atoms with Crippen LogP contribution in [0.25, 0.3) is 0 Å². The van der Waals surface area contributed by atoms with E-state index < -0.39 is 92.5 Å². The number of sulfonamides is 1. The van der Waals surface area contributed by atoms with E-state index in [-0.39, 0.29) is 12.5 Å². The van der Waals surface area contributed by atoms with Crippen molar-refractivity contribution < 1.29 is 63.3 Å². The molecule has 1 amide bonds. The molecule has 2 heterocycles. The Bertz CT molecular complexity index is 1410. The number of halogens is 7. The van der Waals surface area contributed by atoms with Gasteiger partial charge in [0.25, 0.3) is 10.0 Å². The van der Waals surface area contributed by atoms with Crippen molar-refractivity contribution in [3.05, 3.63) is 42.0 Å². The Kier molecular flexibility index (Phi) is 8.16. The van der Waals surface area contributed by atoms with E-state index in [1.54, 1.807) is 0 Å². The van der Waals surface area contributed by atoms with Crippen molar-refractivity contribution in [2.24, 2.45) is 0 Å². The number of carboxylic acid groups (broad SMARTS) is 1. The second-order valence-corrected chi connectivity index (χ2v) is 10.8. The molecular formula is C22H20F7N3O7S. The van der Waals surface area contributed by atoms with Gasteiger partial charge >= 0.3 is 24.4 Å². The third-order valence-corrected chi connectivity index (χ3v) is 7.28. The molecule has 0 fully saturated rings. The molecule has 0 spiro atoms. The molecule has 0 radical (unpaired) electrons. The van der Waals surface area contributed by atoms with E-state index in [1.807, 2.05) is 5.32 Å². The van der Waals surface area contributed by atoms with Gasteiger partial charge in [-0.15, -0.1) is 0 Å². The van der Waals surface area contributed by atoms with Crippen LogP contribution in [0, 0.1) is 5.82 Å². The first-order valence-corrected chi connectivity index (χ1v) is 12.5. The molecule has 0 saturated carbocycles. The zero-order chi connectivity index (χ0) is 30.3. The summed E-state index contributed by atoms with van der Waals surface area (Å²) in [5.74, 6) is -3.39. The molecule has 0 aliphatic carbocycles. The maximum atomic E-state index is 15.1. The lowest BCUT2D eigenvalue weighted by Gasteiger charge is -2.36. The summed E-state index contributed by atoms with van der Waals surface area (Å²) in [6.07, 6.45) is -12.8. The van der Waals surface area contributed by atoms with Gasteiger partial charge in [-0.05, 0) is 32.4 Å². The summed E-state index contributed by atoms with van der Waals surface area (Å²) in [5.41, 5.74) is -5.61. The average Bonchev–Trinajstić information content (AvgIpc) is 2.81. The summed E-state index contributed by atoms with van der Waals surface area (Å²) >= 11 is 0. The Labute approximate surface area is 221 Å². The van der Waals surface area contributed by atoms with E-state index in [1.165, 1.54) is 0 Å². The molecule has 3 rings (SSSR count). The fourth-order valence-electron chi connectivity index (χ4n) is 3.38. The number of hydrogen-bond acceptors (Lipinski definition) is 7. The van der Waals surface area contributed by atoms with Crippen molar-refractivity contribution in [1.82, 2.24) is 4.98 Å². The van der Waals surface area contributed by atoms with Gasteiger partial charge in [0.15, 0.2) is 11.6 Å². The molecule has 1 atom stereocenters. The monoisotopic (exact) mass is 603 g/mol. The number of pyridine rings is 1. The van der Waals surface area contributed by atoms with E-state index >= 15 is 4.39 Å². The second-order valence-electron chi connectivity index (χ2n) is 8.94. The van der Waals surface area contributed by atoms with Crippen LogP contribution in [-0.4, -0.2) is 55.0 Å². The van der Waals surface area contributed by atoms with E-state index in [9.17, 15) is 44.3 Å². The lowest BCUT2D eigenvalue weighted by molar-refractivity contribution is -0.242. The van der Waals surface area contributed by atoms with Crippen LogP contribution in [0.1, 0.15) is 32.3 Å². The van der Waals surface area contributed by atoms with Crippen molar-refractivity contribution >= 4 is 33.5 Å². The van der Waals surface area contributed by atoms with Crippen LogP contribution in [0.3, 0.4) is 0 Å². The quantitative estimate of drug-likeness (QED) is 0.425. The highest BCUT2D eigenvalue weighted by Crippen LogP contribution is 2.42. The summed E-state index contributed by atoms with van der Waals surface area (Å²) in [7, 11) is -4.96. The molecule has 220 valence electrons. The molecule has 1 aromatic heterocycles. The highest BCUT2D eigenvalue weighted by Gasteiger charge is 2.51. The highest BCUT2D eigenvalue weighted by atomic mass is 32.2. The number of rotatable bonds is 7. The zero-order valence-corrected chi connectivity index (χ0v) is 21.2. The summed E-state index contributed by atoms with van der Waals surface area (Å²) < 4.78 is 131. The second kappa shape index (κ2) is 10.6. The van der Waals surface area contributed by atoms with Gasteiger partial charge in [-0.3, -0.25) is 19.4 Å². The average molecular weight is 603 g/mol. The van der Waals surface area contributed by atoms with Gasteiger partial charge in [0.05, 0.1) is 17.8 Å². The topological polar surface area (TPSA) is 135 Å². The van der Waals surface area contributed by atoms with Gasteiger partial charge in [0.1, 0.15) is 11.0 Å². The Hall–Kier alpha value is -3.83. The Morgan fingerprint density at radius 3 is 2.38 bits per heavy atom. The Morgan fingerprint density at radius 1 is 1.15 bits per heavy atom. The first-order valence-electron chi connectivity index (χ1n) is 11.1. The van der Waals surface area contributed by atoms with Crippen molar-refractivity contribution in [1.29, 1.82) is 0 Å². The number of aromatic nitrogens is 1. The van der Waals surface area contributed by atoms with Crippen LogP contribution >= 0.6 is 0 Å². The molecule has 10 nitrogen and oxygen atoms in total. The molecule has 40 heavy (non-hydrogen) atoms. The van der Waals surface area contributed by atoms with Crippen molar-refractivity contribution in [3.63, 3.8) is 0 Å². The largest absolute Gasteiger partial charge is 0.483 e. The number of alkyl halides is 6. The van der Waals surface area contributed by atoms with E-state index in [0.717, 1.165) is 6.07 Å². The van der Waals surface area contributed by atoms with E-state index in [4.69, 9.17) is 9.84 Å². The van der Waals surface area contributed by atoms with Crippen LogP contribution in [0.15, 0.2) is 35.5 Å². The fourth-order valence-corrected chi connectivity index (χ4v) is 4.86. The van der Waals surface area contributed by atoms with Gasteiger partial charge in [-0.25, -0.2) is 17.6 Å². The molecule has 2 N–H and O–H groups in total. The number of ether oxygens (including phenoxy) is 2. The van der Waals surface area contributed by atoms with Crippen LogP contribution in [0.2, 0.25) is 0 Å². The lowest BCUT2D eigenvalue weighted by Crippen LogP contribution is -2.45. The van der Waals surface area contributed by atoms with E-state index in [2.05, 4.69) is 9.72 Å². The number of carbonyl (C=O) groups is 2. The molecular weight excluding hydrogens is 583 g/mol. The molecule has 0 saturated heterocycles. The first-order chi connectivity index (χ1) is 18.2. The summed E-state index contributed by atoms with van der Waals surface area (Å²) in [5, 5.41) is 10.8. The van der Waals surface area contributed by atoms with Crippen LogP contribution in [-0.2, 0) is 25.7 Å². The minimum Gasteiger partial charge on any atom is -0.483 e. The Balaban J connectivity index is 2.06. The van der Waals surface area contributed by atoms with Gasteiger partial charge in [-0.1, -0.05) is 0 Å². The summed E-state index contributed by atoms with van der Waals surface area (Å²) in [4.78, 5) is 25.4. The smallest absolute Gasteiger partial charge is 0.427 e. The number of aliphatic carboxylic acids is 1. The van der Waals surface area contributed by atoms with Crippen molar-refractivity contribution in [2.45, 2.75) is 55.6 Å². The van der Waals surface area contributed by atoms with Crippen LogP contribution in [0.4, 0.5) is 46.9 Å². The van der Waals surface area contributed by atoms with Gasteiger partial charge in [0, 0.05) is 30.6 Å². The first kappa shape index (κ1) is 30.7. The van der Waals surface area contributed by atoms with Gasteiger partial charge in [0.2, 0.25) is 5.60 Å².